The molecule has 24 heavy (non-hydrogen) atoms. The van der Waals surface area contributed by atoms with Crippen molar-refractivity contribution in [2.45, 2.75) is 38.5 Å². The highest BCUT2D eigenvalue weighted by Crippen LogP contribution is 2.14. The molecule has 0 unspecified atom stereocenters. The lowest BCUT2D eigenvalue weighted by Gasteiger charge is -2.18. The molecule has 1 fully saturated rings. The van der Waals surface area contributed by atoms with Crippen LogP contribution in [0.2, 0.25) is 0 Å². The molecule has 0 spiro atoms. The Labute approximate surface area is 143 Å². The maximum absolute atomic E-state index is 12.2. The fourth-order valence-corrected chi connectivity index (χ4v) is 3.11. The van der Waals surface area contributed by atoms with Gasteiger partial charge in [0.1, 0.15) is 5.76 Å². The standard InChI is InChI=1S/C19H25N3O2/c1-22(14-17-8-5-11-24-17)13-16-7-3-2-6-15(16)12-21-19(23)18-9-4-10-20-18/h2-3,5-8,11,18,20H,4,9-10,12-14H2,1H3,(H,21,23)/t18-/m0/s1. The van der Waals surface area contributed by atoms with Crippen molar-refractivity contribution >= 4 is 5.91 Å². The van der Waals surface area contributed by atoms with Crippen molar-refractivity contribution in [2.75, 3.05) is 13.6 Å². The van der Waals surface area contributed by atoms with Gasteiger partial charge in [-0.1, -0.05) is 24.3 Å². The summed E-state index contributed by atoms with van der Waals surface area (Å²) in [7, 11) is 2.07. The number of hydrogen-bond acceptors (Lipinski definition) is 4. The first kappa shape index (κ1) is 16.7. The number of furan rings is 1. The van der Waals surface area contributed by atoms with Crippen molar-refractivity contribution in [3.63, 3.8) is 0 Å². The van der Waals surface area contributed by atoms with Crippen LogP contribution in [-0.4, -0.2) is 30.4 Å². The molecule has 2 N–H and O–H groups in total. The first-order chi connectivity index (χ1) is 11.7. The molecule has 128 valence electrons. The maximum atomic E-state index is 12.2. The average Bonchev–Trinajstić information content (AvgIpc) is 3.27. The molecule has 1 atom stereocenters. The van der Waals surface area contributed by atoms with Gasteiger partial charge in [0.05, 0.1) is 18.8 Å². The molecule has 2 heterocycles. The number of benzene rings is 1. The van der Waals surface area contributed by atoms with E-state index >= 15 is 0 Å². The van der Waals surface area contributed by atoms with E-state index in [-0.39, 0.29) is 11.9 Å². The summed E-state index contributed by atoms with van der Waals surface area (Å²) in [5.41, 5.74) is 2.39. The van der Waals surface area contributed by atoms with Gasteiger partial charge in [0.15, 0.2) is 0 Å². The maximum Gasteiger partial charge on any atom is 0.237 e. The number of carbonyl (C=O) groups is 1. The lowest BCUT2D eigenvalue weighted by atomic mass is 10.1. The van der Waals surface area contributed by atoms with Crippen LogP contribution in [0.4, 0.5) is 0 Å². The highest BCUT2D eigenvalue weighted by Gasteiger charge is 2.21. The van der Waals surface area contributed by atoms with Crippen molar-refractivity contribution < 1.29 is 9.21 Å². The molecule has 0 radical (unpaired) electrons. The van der Waals surface area contributed by atoms with Gasteiger partial charge in [0.2, 0.25) is 5.91 Å². The predicted octanol–water partition coefficient (Wildman–Crippen LogP) is 2.28. The van der Waals surface area contributed by atoms with Gasteiger partial charge in [-0.25, -0.2) is 0 Å². The summed E-state index contributed by atoms with van der Waals surface area (Å²) in [5.74, 6) is 1.06. The minimum Gasteiger partial charge on any atom is -0.468 e. The van der Waals surface area contributed by atoms with Gasteiger partial charge in [0, 0.05) is 13.1 Å². The van der Waals surface area contributed by atoms with Crippen molar-refractivity contribution in [1.82, 2.24) is 15.5 Å². The van der Waals surface area contributed by atoms with Crippen LogP contribution >= 0.6 is 0 Å². The van der Waals surface area contributed by atoms with Crippen molar-refractivity contribution in [3.8, 4) is 0 Å². The molecule has 1 aromatic heterocycles. The summed E-state index contributed by atoms with van der Waals surface area (Å²) in [6.45, 7) is 3.09. The number of rotatable bonds is 7. The molecule has 5 heteroatoms. The van der Waals surface area contributed by atoms with Crippen LogP contribution in [0.25, 0.3) is 0 Å². The van der Waals surface area contributed by atoms with Crippen LogP contribution in [0.15, 0.2) is 47.1 Å². The van der Waals surface area contributed by atoms with Crippen molar-refractivity contribution in [3.05, 3.63) is 59.5 Å². The summed E-state index contributed by atoms with van der Waals surface area (Å²) < 4.78 is 5.40. The Kier molecular flexibility index (Phi) is 5.67. The molecular formula is C19H25N3O2. The largest absolute Gasteiger partial charge is 0.468 e. The fraction of sp³-hybridized carbons (Fsp3) is 0.421. The van der Waals surface area contributed by atoms with Crippen molar-refractivity contribution in [1.29, 1.82) is 0 Å². The zero-order chi connectivity index (χ0) is 16.8. The number of hydrogen-bond donors (Lipinski definition) is 2. The van der Waals surface area contributed by atoms with E-state index in [1.54, 1.807) is 6.26 Å². The summed E-state index contributed by atoms with van der Waals surface area (Å²) in [6.07, 6.45) is 3.70. The third-order valence-electron chi connectivity index (χ3n) is 4.39. The van der Waals surface area contributed by atoms with E-state index in [1.807, 2.05) is 24.3 Å². The van der Waals surface area contributed by atoms with Crippen molar-refractivity contribution in [2.24, 2.45) is 0 Å². The van der Waals surface area contributed by atoms with Crippen LogP contribution in [0.1, 0.15) is 29.7 Å². The molecule has 1 amide bonds. The summed E-state index contributed by atoms with van der Waals surface area (Å²) in [5, 5.41) is 6.30. The Morgan fingerprint density at radius 1 is 1.25 bits per heavy atom. The molecule has 0 saturated carbocycles. The average molecular weight is 327 g/mol. The van der Waals surface area contributed by atoms with Gasteiger partial charge in [-0.15, -0.1) is 0 Å². The van der Waals surface area contributed by atoms with Gasteiger partial charge >= 0.3 is 0 Å². The molecule has 0 bridgehead atoms. The minimum absolute atomic E-state index is 0.0289. The Balaban J connectivity index is 1.56. The molecule has 1 aromatic carbocycles. The van der Waals surface area contributed by atoms with Crippen LogP contribution in [-0.2, 0) is 24.4 Å². The molecule has 5 nitrogen and oxygen atoms in total. The number of amides is 1. The second-order valence-electron chi connectivity index (χ2n) is 6.39. The molecule has 3 rings (SSSR count). The first-order valence-corrected chi connectivity index (χ1v) is 8.51. The highest BCUT2D eigenvalue weighted by molar-refractivity contribution is 5.82. The van der Waals surface area contributed by atoms with E-state index in [2.05, 4.69) is 34.7 Å². The van der Waals surface area contributed by atoms with Crippen LogP contribution < -0.4 is 10.6 Å². The number of carbonyl (C=O) groups excluding carboxylic acids is 1. The van der Waals surface area contributed by atoms with Crippen LogP contribution in [0.3, 0.4) is 0 Å². The third-order valence-corrected chi connectivity index (χ3v) is 4.39. The smallest absolute Gasteiger partial charge is 0.237 e. The van der Waals surface area contributed by atoms with E-state index in [9.17, 15) is 4.79 Å². The molecule has 1 aliphatic heterocycles. The second-order valence-corrected chi connectivity index (χ2v) is 6.39. The number of nitrogens with one attached hydrogen (secondary N) is 2. The van der Waals surface area contributed by atoms with Gasteiger partial charge in [-0.2, -0.15) is 0 Å². The zero-order valence-electron chi connectivity index (χ0n) is 14.1. The van der Waals surface area contributed by atoms with E-state index < -0.39 is 0 Å². The van der Waals surface area contributed by atoms with E-state index in [1.165, 1.54) is 5.56 Å². The van der Waals surface area contributed by atoms with Crippen LogP contribution in [0.5, 0.6) is 0 Å². The summed E-state index contributed by atoms with van der Waals surface area (Å²) in [4.78, 5) is 14.4. The molecule has 1 saturated heterocycles. The quantitative estimate of drug-likeness (QED) is 0.819. The molecular weight excluding hydrogens is 302 g/mol. The minimum atomic E-state index is -0.0289. The SMILES string of the molecule is CN(Cc1ccco1)Cc1ccccc1CNC(=O)[C@@H]1CCCN1. The van der Waals surface area contributed by atoms with Gasteiger partial charge in [-0.3, -0.25) is 9.69 Å². The van der Waals surface area contributed by atoms with E-state index in [4.69, 9.17) is 4.42 Å². The normalized spacial score (nSPS) is 17.3. The summed E-state index contributed by atoms with van der Waals surface area (Å²) >= 11 is 0. The predicted molar refractivity (Wildman–Crippen MR) is 93.2 cm³/mol. The lowest BCUT2D eigenvalue weighted by molar-refractivity contribution is -0.122. The van der Waals surface area contributed by atoms with Gasteiger partial charge < -0.3 is 15.1 Å². The Morgan fingerprint density at radius 3 is 2.79 bits per heavy atom. The molecule has 2 aromatic rings. The first-order valence-electron chi connectivity index (χ1n) is 8.51. The topological polar surface area (TPSA) is 57.5 Å². The van der Waals surface area contributed by atoms with Gasteiger partial charge in [0.25, 0.3) is 0 Å². The molecule has 1 aliphatic rings. The fourth-order valence-electron chi connectivity index (χ4n) is 3.11. The highest BCUT2D eigenvalue weighted by atomic mass is 16.3. The summed E-state index contributed by atoms with van der Waals surface area (Å²) in [6, 6.07) is 12.1. The van der Waals surface area contributed by atoms with Crippen LogP contribution in [0, 0.1) is 0 Å². The second kappa shape index (κ2) is 8.13. The molecule has 0 aliphatic carbocycles. The van der Waals surface area contributed by atoms with E-state index in [0.29, 0.717) is 6.54 Å². The lowest BCUT2D eigenvalue weighted by Crippen LogP contribution is -2.40. The zero-order valence-corrected chi connectivity index (χ0v) is 14.1. The Bertz CT molecular complexity index is 648. The van der Waals surface area contributed by atoms with E-state index in [0.717, 1.165) is 43.8 Å². The number of nitrogens with zero attached hydrogens (tertiary/aromatic N) is 1. The third kappa shape index (κ3) is 4.46. The Morgan fingerprint density at radius 2 is 2.08 bits per heavy atom. The Hall–Kier alpha value is -2.11. The monoisotopic (exact) mass is 327 g/mol. The van der Waals surface area contributed by atoms with Gasteiger partial charge in [-0.05, 0) is 49.7 Å².